The minimum absolute atomic E-state index is 0.121. The van der Waals surface area contributed by atoms with Crippen molar-refractivity contribution in [1.82, 2.24) is 5.32 Å². The fraction of sp³-hybridized carbons (Fsp3) is 0.935. The zero-order valence-corrected chi connectivity index (χ0v) is 38.6. The normalized spacial score (nSPS) is 20.2. The highest BCUT2D eigenvalue weighted by molar-refractivity contribution is 5.82. The number of Topliss-reactive ketones (excluding diaryl/α,β-unsaturated/α-hetero) is 1. The van der Waals surface area contributed by atoms with Gasteiger partial charge in [0.15, 0.2) is 0 Å². The van der Waals surface area contributed by atoms with E-state index in [9.17, 15) is 176 Å². The van der Waals surface area contributed by atoms with Crippen molar-refractivity contribution in [3.8, 4) is 0 Å². The molecule has 55 heteroatoms. The van der Waals surface area contributed by atoms with Crippen molar-refractivity contribution in [2.24, 2.45) is 5.92 Å². The average Bonchev–Trinajstić information content (AvgIpc) is 3.17. The number of carbonyl (C=O) groups excluding carboxylic acids is 2. The fourth-order valence-corrected chi connectivity index (χ4v) is 5.23. The summed E-state index contributed by atoms with van der Waals surface area (Å²) >= 11 is 0. The van der Waals surface area contributed by atoms with Crippen LogP contribution in [-0.2, 0) is 38.0 Å². The second kappa shape index (κ2) is 22.3. The molecule has 0 aromatic carbocycles. The van der Waals surface area contributed by atoms with E-state index < -0.39 is 169 Å². The van der Waals surface area contributed by atoms with Crippen LogP contribution in [0.3, 0.4) is 0 Å². The highest BCUT2D eigenvalue weighted by atomic mass is 19.5. The van der Waals surface area contributed by atoms with Gasteiger partial charge >= 0.3 is 133 Å². The summed E-state index contributed by atoms with van der Waals surface area (Å²) in [5.41, 5.74) is -3.42. The lowest BCUT2D eigenvalue weighted by atomic mass is 9.88. The van der Waals surface area contributed by atoms with Gasteiger partial charge in [0.2, 0.25) is 5.91 Å². The predicted molar refractivity (Wildman–Crippen MR) is 163 cm³/mol. The molecule has 0 aromatic rings. The SMILES string of the molecule is CC(=O)CC(C)(C)NC(=O)C(CC(F)(OC(F)(F)C(F)(OC(F)(F)C(F)(OC(F)(F)C(F)(F)C(F)(F)F)C(F)(F)F)C(F)(F)F)C(F)(F)F)C(F)(OC(F)(F)C(F)(OC(F)(F)C(F)(OC(F)(F)C(F)(F)C(F)(F)F)C(F)(F)F)C(F)(F)F)C(F)(F)F. The molecule has 86 heavy (non-hydrogen) atoms. The number of hydrogen-bond acceptors (Lipinski definition) is 8. The minimum atomic E-state index is -9.70. The van der Waals surface area contributed by atoms with E-state index in [1.54, 1.807) is 0 Å². The Labute approximate surface area is 436 Å². The first-order valence-corrected chi connectivity index (χ1v) is 19.1. The third-order valence-electron chi connectivity index (χ3n) is 9.23. The van der Waals surface area contributed by atoms with Crippen molar-refractivity contribution >= 4 is 11.7 Å². The van der Waals surface area contributed by atoms with Gasteiger partial charge in [-0.25, -0.2) is 8.78 Å². The molecule has 0 aliphatic rings. The summed E-state index contributed by atoms with van der Waals surface area (Å²) in [7, 11) is 0. The molecule has 0 saturated carbocycles. The number of ether oxygens (including phenoxy) is 6. The van der Waals surface area contributed by atoms with E-state index >= 15 is 35.1 Å². The molecular formula is C31H15F46NO8. The lowest BCUT2D eigenvalue weighted by Crippen LogP contribution is -2.71. The van der Waals surface area contributed by atoms with E-state index in [-0.39, 0.29) is 26.1 Å². The van der Waals surface area contributed by atoms with Crippen LogP contribution in [0.1, 0.15) is 33.6 Å². The van der Waals surface area contributed by atoms with Gasteiger partial charge in [0.25, 0.3) is 0 Å². The van der Waals surface area contributed by atoms with Crippen molar-refractivity contribution in [3.63, 3.8) is 0 Å². The van der Waals surface area contributed by atoms with Crippen molar-refractivity contribution in [3.05, 3.63) is 0 Å². The summed E-state index contributed by atoms with van der Waals surface area (Å²) in [6, 6.07) is 0. The summed E-state index contributed by atoms with van der Waals surface area (Å²) in [6.45, 7) is -0.150. The van der Waals surface area contributed by atoms with Crippen molar-refractivity contribution < 1.29 is 240 Å². The van der Waals surface area contributed by atoms with Crippen LogP contribution in [0.2, 0.25) is 0 Å². The second-order valence-corrected chi connectivity index (χ2v) is 16.6. The molecule has 0 radical (unpaired) electrons. The molecule has 0 aliphatic heterocycles. The van der Waals surface area contributed by atoms with Crippen molar-refractivity contribution in [2.45, 2.75) is 172 Å². The van der Waals surface area contributed by atoms with Crippen LogP contribution in [0.5, 0.6) is 0 Å². The number of alkyl halides is 46. The summed E-state index contributed by atoms with van der Waals surface area (Å²) < 4.78 is 648. The van der Waals surface area contributed by atoms with Crippen LogP contribution >= 0.6 is 0 Å². The van der Waals surface area contributed by atoms with Crippen LogP contribution in [0.15, 0.2) is 0 Å². The standard InChI is InChI=1S/C31H15F46NO8/c1-6(79)4-9(2,3)78-8(80)7(11(33,19(45,46)47)82-29(72,73)15(39,23(57,58)59)86-31(76,77)17(41,25(63,64)65)84-27(68,69)13(36,37)21(51,52)53)5-10(32,18(42,43)44)81-28(70,71)14(38,22(54,55)56)85-30(74,75)16(40,24(60,61)62)83-26(66,67)12(34,35)20(48,49)50/h7H,4-5H2,1-3H3,(H,78,80). The van der Waals surface area contributed by atoms with E-state index in [1.807, 2.05) is 0 Å². The molecule has 0 aromatic heterocycles. The summed E-state index contributed by atoms with van der Waals surface area (Å²) in [6.07, 6.45) is -135. The summed E-state index contributed by atoms with van der Waals surface area (Å²) in [5.74, 6) is -86.2. The molecule has 7 atom stereocenters. The number of rotatable bonds is 25. The van der Waals surface area contributed by atoms with E-state index in [2.05, 4.69) is 0 Å². The molecule has 0 bridgehead atoms. The van der Waals surface area contributed by atoms with Gasteiger partial charge in [-0.15, -0.1) is 0 Å². The lowest BCUT2D eigenvalue weighted by molar-refractivity contribution is -0.582. The molecular weight excluding hydrogens is 1390 g/mol. The van der Waals surface area contributed by atoms with Gasteiger partial charge < -0.3 is 5.32 Å². The Hall–Kier alpha value is -4.32. The fourth-order valence-electron chi connectivity index (χ4n) is 5.23. The quantitative estimate of drug-likeness (QED) is 0.0902. The van der Waals surface area contributed by atoms with Crippen molar-refractivity contribution in [2.75, 3.05) is 0 Å². The van der Waals surface area contributed by atoms with Crippen molar-refractivity contribution in [1.29, 1.82) is 0 Å². The number of halogens is 46. The first-order valence-electron chi connectivity index (χ1n) is 19.1. The van der Waals surface area contributed by atoms with Gasteiger partial charge in [-0.05, 0) is 20.8 Å². The number of carbonyl (C=O) groups is 2. The molecule has 0 spiro atoms. The second-order valence-electron chi connectivity index (χ2n) is 16.6. The predicted octanol–water partition coefficient (Wildman–Crippen LogP) is 15.3. The molecule has 0 aliphatic carbocycles. The molecule has 0 saturated heterocycles. The Balaban J connectivity index is 9.11. The third kappa shape index (κ3) is 14.8. The van der Waals surface area contributed by atoms with Gasteiger partial charge in [0.1, 0.15) is 11.7 Å². The lowest BCUT2D eigenvalue weighted by Gasteiger charge is -2.45. The molecule has 1 N–H and O–H groups in total. The first kappa shape index (κ1) is 81.7. The number of nitrogens with one attached hydrogen (secondary N) is 1. The zero-order valence-electron chi connectivity index (χ0n) is 38.6. The molecule has 9 nitrogen and oxygen atoms in total. The number of amides is 1. The average molecular weight is 1400 g/mol. The maximum absolute atomic E-state index is 16.3. The Morgan fingerprint density at radius 2 is 0.547 bits per heavy atom. The zero-order chi connectivity index (χ0) is 70.6. The van der Waals surface area contributed by atoms with E-state index in [0.29, 0.717) is 0 Å². The first-order chi connectivity index (χ1) is 36.4. The Morgan fingerprint density at radius 1 is 0.314 bits per heavy atom. The van der Waals surface area contributed by atoms with Crippen LogP contribution in [0.25, 0.3) is 0 Å². The monoisotopic (exact) mass is 1400 g/mol. The third-order valence-corrected chi connectivity index (χ3v) is 9.23. The number of hydrogen-bond donors (Lipinski definition) is 1. The van der Waals surface area contributed by atoms with Crippen LogP contribution in [0, 0.1) is 5.92 Å². The van der Waals surface area contributed by atoms with E-state index in [4.69, 9.17) is 0 Å². The van der Waals surface area contributed by atoms with Gasteiger partial charge in [0, 0.05) is 18.4 Å². The van der Waals surface area contributed by atoms with E-state index in [0.717, 1.165) is 18.9 Å². The van der Waals surface area contributed by atoms with Gasteiger partial charge in [-0.2, -0.15) is 193 Å². The molecule has 0 heterocycles. The largest absolute Gasteiger partial charge is 0.462 e. The smallest absolute Gasteiger partial charge is 0.350 e. The summed E-state index contributed by atoms with van der Waals surface area (Å²) in [5, 5.41) is 0.233. The maximum Gasteiger partial charge on any atom is 0.462 e. The topological polar surface area (TPSA) is 102 Å². The minimum Gasteiger partial charge on any atom is -0.350 e. The highest BCUT2D eigenvalue weighted by Gasteiger charge is 2.91. The van der Waals surface area contributed by atoms with Crippen LogP contribution < -0.4 is 5.32 Å². The van der Waals surface area contributed by atoms with Crippen LogP contribution in [-0.4, -0.2) is 150 Å². The highest BCUT2D eigenvalue weighted by Crippen LogP contribution is 2.63. The van der Waals surface area contributed by atoms with Crippen LogP contribution in [0.4, 0.5) is 202 Å². The van der Waals surface area contributed by atoms with Gasteiger partial charge in [-0.1, -0.05) is 0 Å². The van der Waals surface area contributed by atoms with Gasteiger partial charge in [0.05, 0.1) is 0 Å². The van der Waals surface area contributed by atoms with Gasteiger partial charge in [-0.3, -0.25) is 38.0 Å². The van der Waals surface area contributed by atoms with E-state index in [1.165, 1.54) is 9.47 Å². The number of ketones is 1. The Bertz CT molecular complexity index is 2380. The molecule has 1 amide bonds. The maximum atomic E-state index is 16.3. The Morgan fingerprint density at radius 3 is 0.756 bits per heavy atom. The Kier molecular flexibility index (Phi) is 21.1. The molecule has 0 rings (SSSR count). The summed E-state index contributed by atoms with van der Waals surface area (Å²) in [4.78, 5) is 24.6. The molecule has 0 fully saturated rings. The molecule has 514 valence electrons. The molecule has 7 unspecified atom stereocenters.